The van der Waals surface area contributed by atoms with Gasteiger partial charge in [0.25, 0.3) is 0 Å². The second-order valence-corrected chi connectivity index (χ2v) is 3.99. The van der Waals surface area contributed by atoms with Gasteiger partial charge >= 0.3 is 5.97 Å². The molecule has 2 aromatic rings. The number of carboxylic acids is 1. The van der Waals surface area contributed by atoms with Gasteiger partial charge in [-0.3, -0.25) is 0 Å². The van der Waals surface area contributed by atoms with E-state index in [0.717, 1.165) is 22.2 Å². The molecule has 0 bridgehead atoms. The van der Waals surface area contributed by atoms with E-state index in [4.69, 9.17) is 13.0 Å². The van der Waals surface area contributed by atoms with E-state index in [0.29, 0.717) is 0 Å². The Hall–Kier alpha value is -2.48. The van der Waals surface area contributed by atoms with Gasteiger partial charge in [0.05, 0.1) is 30.8 Å². The Morgan fingerprint density at radius 3 is 3.17 bits per heavy atom. The fourth-order valence-corrected chi connectivity index (χ4v) is 1.89. The molecule has 2 heterocycles. The minimum atomic E-state index is -1.05. The van der Waals surface area contributed by atoms with Crippen LogP contribution in [0.1, 0.15) is 21.7 Å². The van der Waals surface area contributed by atoms with Gasteiger partial charge < -0.3 is 10.1 Å². The molecule has 2 N–H and O–H groups in total. The van der Waals surface area contributed by atoms with Gasteiger partial charge in [0.1, 0.15) is 5.69 Å². The molecule has 0 amide bonds. The van der Waals surface area contributed by atoms with Gasteiger partial charge in [-0.05, 0) is 18.0 Å². The highest BCUT2D eigenvalue weighted by Gasteiger charge is 2.13. The summed E-state index contributed by atoms with van der Waals surface area (Å²) < 4.78 is 0. The quantitative estimate of drug-likeness (QED) is 0.581. The van der Waals surface area contributed by atoms with Crippen LogP contribution in [0.2, 0.25) is 5.82 Å². The Bertz CT molecular complexity index is 749. The number of fused-ring (bicyclic) bond motifs is 3. The van der Waals surface area contributed by atoms with E-state index >= 15 is 0 Å². The topological polar surface area (TPSA) is 66.0 Å². The molecule has 2 radical (unpaired) electrons. The SMILES string of the molecule is [B]C1C#Cc2c([nH]c3cnc(C(=O)O)cc23)C=C1. The van der Waals surface area contributed by atoms with Gasteiger partial charge in [0.15, 0.2) is 0 Å². The van der Waals surface area contributed by atoms with Crippen molar-refractivity contribution in [2.24, 2.45) is 0 Å². The molecule has 1 unspecified atom stereocenters. The molecule has 0 aromatic carbocycles. The number of aromatic amines is 1. The third-order valence-electron chi connectivity index (χ3n) is 2.77. The lowest BCUT2D eigenvalue weighted by atomic mass is 9.88. The van der Waals surface area contributed by atoms with Gasteiger partial charge in [0.2, 0.25) is 0 Å². The first kappa shape index (κ1) is 10.7. The molecule has 0 aliphatic heterocycles. The molecule has 0 fully saturated rings. The Balaban J connectivity index is 2.30. The molecule has 3 rings (SSSR count). The second kappa shape index (κ2) is 3.78. The number of nitrogens with zero attached hydrogens (tertiary/aromatic N) is 1. The minimum Gasteiger partial charge on any atom is -0.477 e. The Kier molecular flexibility index (Phi) is 2.24. The summed E-state index contributed by atoms with van der Waals surface area (Å²) in [5, 5.41) is 9.69. The summed E-state index contributed by atoms with van der Waals surface area (Å²) in [5.41, 5.74) is 2.36. The van der Waals surface area contributed by atoms with Crippen molar-refractivity contribution in [3.05, 3.63) is 35.3 Å². The molecule has 2 aromatic heterocycles. The number of rotatable bonds is 1. The van der Waals surface area contributed by atoms with Gasteiger partial charge in [-0.1, -0.05) is 12.0 Å². The van der Waals surface area contributed by atoms with Crippen LogP contribution in [-0.2, 0) is 0 Å². The predicted molar refractivity (Wildman–Crippen MR) is 68.5 cm³/mol. The summed E-state index contributed by atoms with van der Waals surface area (Å²) in [4.78, 5) is 17.9. The summed E-state index contributed by atoms with van der Waals surface area (Å²) in [7, 11) is 5.71. The number of H-pyrrole nitrogens is 1. The van der Waals surface area contributed by atoms with Gasteiger partial charge in [-0.25, -0.2) is 9.78 Å². The summed E-state index contributed by atoms with van der Waals surface area (Å²) in [6.07, 6.45) is 5.13. The fraction of sp³-hybridized carbons (Fsp3) is 0.0769. The smallest absolute Gasteiger partial charge is 0.354 e. The number of aromatic carboxylic acids is 1. The number of allylic oxidation sites excluding steroid dienone is 1. The maximum absolute atomic E-state index is 10.9. The van der Waals surface area contributed by atoms with E-state index < -0.39 is 5.97 Å². The van der Waals surface area contributed by atoms with Crippen molar-refractivity contribution in [1.29, 1.82) is 0 Å². The molecule has 4 nitrogen and oxygen atoms in total. The van der Waals surface area contributed by atoms with Crippen molar-refractivity contribution < 1.29 is 9.90 Å². The van der Waals surface area contributed by atoms with Crippen LogP contribution in [0.3, 0.4) is 0 Å². The first-order chi connectivity index (χ1) is 8.65. The standard InChI is InChI=1S/C13H7BN2O2/c14-7-1-3-8-9-5-11(13(17)18)15-6-12(9)16-10(8)4-2-7/h2,4-7,16H,(H,17,18). The lowest BCUT2D eigenvalue weighted by molar-refractivity contribution is 0.0691. The predicted octanol–water partition coefficient (Wildman–Crippen LogP) is 1.60. The first-order valence-corrected chi connectivity index (χ1v) is 5.35. The highest BCUT2D eigenvalue weighted by atomic mass is 16.4. The van der Waals surface area contributed by atoms with E-state index in [-0.39, 0.29) is 11.5 Å². The molecule has 18 heavy (non-hydrogen) atoms. The summed E-state index contributed by atoms with van der Waals surface area (Å²) >= 11 is 0. The van der Waals surface area contributed by atoms with Crippen molar-refractivity contribution in [3.8, 4) is 11.8 Å². The lowest BCUT2D eigenvalue weighted by Crippen LogP contribution is -1.98. The third kappa shape index (κ3) is 1.59. The number of aromatic nitrogens is 2. The largest absolute Gasteiger partial charge is 0.477 e. The van der Waals surface area contributed by atoms with Crippen molar-refractivity contribution in [2.75, 3.05) is 0 Å². The van der Waals surface area contributed by atoms with E-state index in [1.807, 2.05) is 6.08 Å². The number of pyridine rings is 1. The van der Waals surface area contributed by atoms with Crippen LogP contribution < -0.4 is 0 Å². The maximum Gasteiger partial charge on any atom is 0.354 e. The second-order valence-electron chi connectivity index (χ2n) is 3.99. The molecule has 84 valence electrons. The molecule has 1 atom stereocenters. The normalized spacial score (nSPS) is 16.8. The summed E-state index contributed by atoms with van der Waals surface area (Å²) in [6.45, 7) is 0. The number of carbonyl (C=O) groups is 1. The van der Waals surface area contributed by atoms with Gasteiger partial charge in [-0.15, -0.1) is 5.92 Å². The van der Waals surface area contributed by atoms with Crippen LogP contribution >= 0.6 is 0 Å². The third-order valence-corrected chi connectivity index (χ3v) is 2.77. The monoisotopic (exact) mass is 234 g/mol. The molecule has 1 aliphatic rings. The van der Waals surface area contributed by atoms with Crippen molar-refractivity contribution in [2.45, 2.75) is 5.82 Å². The molecule has 0 spiro atoms. The van der Waals surface area contributed by atoms with Crippen LogP contribution in [0.5, 0.6) is 0 Å². The number of carboxylic acid groups (broad SMARTS) is 1. The zero-order valence-corrected chi connectivity index (χ0v) is 9.27. The number of hydrogen-bond acceptors (Lipinski definition) is 2. The summed E-state index contributed by atoms with van der Waals surface area (Å²) in [6, 6.07) is 1.52. The van der Waals surface area contributed by atoms with Crippen LogP contribution in [0.4, 0.5) is 0 Å². The highest BCUT2D eigenvalue weighted by Crippen LogP contribution is 2.25. The maximum atomic E-state index is 10.9. The molecule has 1 aliphatic carbocycles. The number of hydrogen-bond donors (Lipinski definition) is 2. The van der Waals surface area contributed by atoms with E-state index in [9.17, 15) is 4.79 Å². The highest BCUT2D eigenvalue weighted by molar-refractivity contribution is 6.15. The molecule has 5 heteroatoms. The Morgan fingerprint density at radius 2 is 2.39 bits per heavy atom. The number of nitrogens with one attached hydrogen (secondary N) is 1. The van der Waals surface area contributed by atoms with Crippen molar-refractivity contribution >= 4 is 30.8 Å². The van der Waals surface area contributed by atoms with Crippen LogP contribution in [0, 0.1) is 11.8 Å². The van der Waals surface area contributed by atoms with Crippen LogP contribution in [-0.4, -0.2) is 28.9 Å². The van der Waals surface area contributed by atoms with Crippen molar-refractivity contribution in [1.82, 2.24) is 9.97 Å². The summed E-state index contributed by atoms with van der Waals surface area (Å²) in [5.74, 6) is 4.50. The lowest BCUT2D eigenvalue weighted by Gasteiger charge is -1.94. The minimum absolute atomic E-state index is 0.00336. The Labute approximate surface area is 104 Å². The van der Waals surface area contributed by atoms with E-state index in [2.05, 4.69) is 21.8 Å². The van der Waals surface area contributed by atoms with Gasteiger partial charge in [0, 0.05) is 5.39 Å². The zero-order valence-electron chi connectivity index (χ0n) is 9.27. The first-order valence-electron chi connectivity index (χ1n) is 5.35. The van der Waals surface area contributed by atoms with Crippen LogP contribution in [0.15, 0.2) is 18.3 Å². The van der Waals surface area contributed by atoms with E-state index in [1.165, 1.54) is 12.3 Å². The van der Waals surface area contributed by atoms with Crippen LogP contribution in [0.25, 0.3) is 17.0 Å². The average molecular weight is 234 g/mol. The zero-order chi connectivity index (χ0) is 12.7. The van der Waals surface area contributed by atoms with Gasteiger partial charge in [-0.2, -0.15) is 0 Å². The van der Waals surface area contributed by atoms with Crippen molar-refractivity contribution in [3.63, 3.8) is 0 Å². The average Bonchev–Trinajstić information content (AvgIpc) is 2.60. The van der Waals surface area contributed by atoms with E-state index in [1.54, 1.807) is 6.08 Å². The molecule has 0 saturated carbocycles. The molecule has 0 saturated heterocycles. The Morgan fingerprint density at radius 1 is 1.56 bits per heavy atom. The molecular weight excluding hydrogens is 227 g/mol. The fourth-order valence-electron chi connectivity index (χ4n) is 1.89. The molecular formula is C13H7BN2O2.